The summed E-state index contributed by atoms with van der Waals surface area (Å²) in [6.07, 6.45) is 1.48. The zero-order valence-corrected chi connectivity index (χ0v) is 17.7. The van der Waals surface area contributed by atoms with Crippen LogP contribution < -0.4 is 9.47 Å². The van der Waals surface area contributed by atoms with E-state index in [1.807, 2.05) is 36.4 Å². The first-order chi connectivity index (χ1) is 14.4. The van der Waals surface area contributed by atoms with Crippen molar-refractivity contribution >= 4 is 34.4 Å². The molecule has 0 atom stereocenters. The summed E-state index contributed by atoms with van der Waals surface area (Å²) in [5.41, 5.74) is 1.60. The van der Waals surface area contributed by atoms with Crippen LogP contribution in [0.3, 0.4) is 0 Å². The molecule has 0 spiro atoms. The van der Waals surface area contributed by atoms with Gasteiger partial charge in [0.05, 0.1) is 12.1 Å². The third kappa shape index (κ3) is 4.56. The van der Waals surface area contributed by atoms with Gasteiger partial charge in [0, 0.05) is 14.1 Å². The van der Waals surface area contributed by atoms with Crippen molar-refractivity contribution in [2.75, 3.05) is 21.2 Å². The van der Waals surface area contributed by atoms with Gasteiger partial charge >= 0.3 is 0 Å². The summed E-state index contributed by atoms with van der Waals surface area (Å²) in [6, 6.07) is 19.4. The molecule has 0 bridgehead atoms. The van der Waals surface area contributed by atoms with Crippen molar-refractivity contribution in [2.24, 2.45) is 0 Å². The average Bonchev–Trinajstić information content (AvgIpc) is 2.75. The highest BCUT2D eigenvalue weighted by Crippen LogP contribution is 2.38. The number of amides is 1. The topological polar surface area (TPSA) is 62.6 Å². The van der Waals surface area contributed by atoms with Crippen molar-refractivity contribution in [3.8, 4) is 17.6 Å². The Morgan fingerprint density at radius 3 is 2.60 bits per heavy atom. The summed E-state index contributed by atoms with van der Waals surface area (Å²) in [5, 5.41) is 11.9. The van der Waals surface area contributed by atoms with Crippen LogP contribution in [0.25, 0.3) is 16.8 Å². The molecule has 0 aliphatic carbocycles. The van der Waals surface area contributed by atoms with Crippen molar-refractivity contribution in [2.45, 2.75) is 6.61 Å². The van der Waals surface area contributed by atoms with Gasteiger partial charge in [-0.15, -0.1) is 0 Å². The van der Waals surface area contributed by atoms with Crippen LogP contribution in [-0.2, 0) is 11.4 Å². The number of carbonyl (C=O) groups excluding carboxylic acids is 1. The molecule has 0 aliphatic rings. The molecular weight excluding hydrogens is 400 g/mol. The summed E-state index contributed by atoms with van der Waals surface area (Å²) in [4.78, 5) is 13.4. The third-order valence-electron chi connectivity index (χ3n) is 4.57. The molecule has 0 fully saturated rings. The largest absolute Gasteiger partial charge is 0.493 e. The molecule has 3 aromatic carbocycles. The second-order valence-electron chi connectivity index (χ2n) is 6.83. The minimum Gasteiger partial charge on any atom is -0.493 e. The molecule has 0 saturated carbocycles. The summed E-state index contributed by atoms with van der Waals surface area (Å²) in [6.45, 7) is 0.315. The van der Waals surface area contributed by atoms with Gasteiger partial charge in [-0.3, -0.25) is 4.79 Å². The van der Waals surface area contributed by atoms with E-state index in [4.69, 9.17) is 21.1 Å². The Balaban J connectivity index is 1.91. The van der Waals surface area contributed by atoms with Crippen LogP contribution in [0.4, 0.5) is 0 Å². The molecule has 0 aliphatic heterocycles. The van der Waals surface area contributed by atoms with Crippen LogP contribution >= 0.6 is 11.6 Å². The Kier molecular flexibility index (Phi) is 6.61. The first kappa shape index (κ1) is 21.2. The van der Waals surface area contributed by atoms with E-state index in [1.54, 1.807) is 26.2 Å². The van der Waals surface area contributed by atoms with Crippen molar-refractivity contribution in [1.29, 1.82) is 5.26 Å². The molecule has 0 saturated heterocycles. The molecule has 0 heterocycles. The van der Waals surface area contributed by atoms with E-state index < -0.39 is 0 Å². The third-order valence-corrected chi connectivity index (χ3v) is 4.85. The maximum Gasteiger partial charge on any atom is 0.264 e. The molecule has 5 nitrogen and oxygen atoms in total. The zero-order valence-electron chi connectivity index (χ0n) is 17.0. The van der Waals surface area contributed by atoms with Gasteiger partial charge in [0.15, 0.2) is 11.5 Å². The minimum absolute atomic E-state index is 0.00236. The van der Waals surface area contributed by atoms with Crippen molar-refractivity contribution < 1.29 is 14.3 Å². The van der Waals surface area contributed by atoms with E-state index in [-0.39, 0.29) is 11.5 Å². The molecule has 3 rings (SSSR count). The molecular formula is C24H21ClN2O3. The van der Waals surface area contributed by atoms with E-state index in [2.05, 4.69) is 12.1 Å². The van der Waals surface area contributed by atoms with Gasteiger partial charge in [-0.1, -0.05) is 54.1 Å². The predicted molar refractivity (Wildman–Crippen MR) is 119 cm³/mol. The average molecular weight is 421 g/mol. The molecule has 6 heteroatoms. The van der Waals surface area contributed by atoms with E-state index in [9.17, 15) is 10.1 Å². The smallest absolute Gasteiger partial charge is 0.264 e. The molecule has 0 N–H and O–H groups in total. The number of halogens is 1. The highest BCUT2D eigenvalue weighted by Gasteiger charge is 2.15. The van der Waals surface area contributed by atoms with E-state index in [1.165, 1.54) is 18.1 Å². The number of hydrogen-bond acceptors (Lipinski definition) is 4. The maximum atomic E-state index is 12.1. The van der Waals surface area contributed by atoms with Gasteiger partial charge in [-0.25, -0.2) is 0 Å². The number of hydrogen-bond donors (Lipinski definition) is 0. The number of benzene rings is 3. The number of nitrogens with zero attached hydrogens (tertiary/aromatic N) is 2. The van der Waals surface area contributed by atoms with Crippen molar-refractivity contribution in [1.82, 2.24) is 4.90 Å². The van der Waals surface area contributed by atoms with Gasteiger partial charge in [0.1, 0.15) is 18.2 Å². The predicted octanol–water partition coefficient (Wildman–Crippen LogP) is 5.08. The summed E-state index contributed by atoms with van der Waals surface area (Å²) in [5.74, 6) is 0.439. The standard InChI is InChI=1S/C24H21ClN2O3/c1-27(2)24(28)19(14-26)11-16-12-21(25)23(22(13-16)29-3)30-15-18-9-6-8-17-7-4-5-10-20(17)18/h4-13H,15H2,1-3H3/b19-11-. The highest BCUT2D eigenvalue weighted by atomic mass is 35.5. The molecule has 3 aromatic rings. The normalized spacial score (nSPS) is 11.1. The van der Waals surface area contributed by atoms with Crippen LogP contribution in [0.15, 0.2) is 60.2 Å². The number of ether oxygens (including phenoxy) is 2. The van der Waals surface area contributed by atoms with Crippen molar-refractivity contribution in [3.05, 3.63) is 76.3 Å². The van der Waals surface area contributed by atoms with Gasteiger partial charge < -0.3 is 14.4 Å². The monoisotopic (exact) mass is 420 g/mol. The molecule has 30 heavy (non-hydrogen) atoms. The molecule has 152 valence electrons. The first-order valence-electron chi connectivity index (χ1n) is 9.25. The van der Waals surface area contributed by atoms with E-state index in [0.29, 0.717) is 28.7 Å². The van der Waals surface area contributed by atoms with E-state index in [0.717, 1.165) is 16.3 Å². The quantitative estimate of drug-likeness (QED) is 0.412. The minimum atomic E-state index is -0.385. The van der Waals surface area contributed by atoms with Crippen LogP contribution in [-0.4, -0.2) is 32.0 Å². The Morgan fingerprint density at radius 1 is 1.17 bits per heavy atom. The van der Waals surface area contributed by atoms with Crippen LogP contribution in [0.1, 0.15) is 11.1 Å². The lowest BCUT2D eigenvalue weighted by atomic mass is 10.1. The summed E-state index contributed by atoms with van der Waals surface area (Å²) < 4.78 is 11.5. The Bertz CT molecular complexity index is 1160. The number of nitriles is 1. The van der Waals surface area contributed by atoms with Gasteiger partial charge in [0.2, 0.25) is 0 Å². The fourth-order valence-corrected chi connectivity index (χ4v) is 3.35. The SMILES string of the molecule is COc1cc(/C=C(/C#N)C(=O)N(C)C)cc(Cl)c1OCc1cccc2ccccc12. The Morgan fingerprint density at radius 2 is 1.90 bits per heavy atom. The second kappa shape index (κ2) is 9.34. The number of carbonyl (C=O) groups is 1. The lowest BCUT2D eigenvalue weighted by Crippen LogP contribution is -2.22. The fraction of sp³-hybridized carbons (Fsp3) is 0.167. The number of likely N-dealkylation sites (N-methyl/N-ethyl adjacent to an activating group) is 1. The zero-order chi connectivity index (χ0) is 21.7. The van der Waals surface area contributed by atoms with Crippen LogP contribution in [0.2, 0.25) is 5.02 Å². The van der Waals surface area contributed by atoms with E-state index >= 15 is 0 Å². The molecule has 0 radical (unpaired) electrons. The molecule has 1 amide bonds. The number of fused-ring (bicyclic) bond motifs is 1. The summed E-state index contributed by atoms with van der Waals surface area (Å²) >= 11 is 6.45. The van der Waals surface area contributed by atoms with Crippen LogP contribution in [0, 0.1) is 11.3 Å². The molecule has 0 unspecified atom stereocenters. The summed E-state index contributed by atoms with van der Waals surface area (Å²) in [7, 11) is 4.69. The lowest BCUT2D eigenvalue weighted by Gasteiger charge is -2.15. The van der Waals surface area contributed by atoms with Crippen LogP contribution in [0.5, 0.6) is 11.5 Å². The highest BCUT2D eigenvalue weighted by molar-refractivity contribution is 6.32. The Hall–Kier alpha value is -3.49. The fourth-order valence-electron chi connectivity index (χ4n) is 3.08. The maximum absolute atomic E-state index is 12.1. The number of methoxy groups -OCH3 is 1. The number of rotatable bonds is 6. The van der Waals surface area contributed by atoms with Gasteiger partial charge in [-0.05, 0) is 40.1 Å². The van der Waals surface area contributed by atoms with Gasteiger partial charge in [-0.2, -0.15) is 5.26 Å². The lowest BCUT2D eigenvalue weighted by molar-refractivity contribution is -0.124. The van der Waals surface area contributed by atoms with Gasteiger partial charge in [0.25, 0.3) is 5.91 Å². The van der Waals surface area contributed by atoms with Crippen molar-refractivity contribution in [3.63, 3.8) is 0 Å². The Labute approximate surface area is 180 Å². The second-order valence-corrected chi connectivity index (χ2v) is 7.24. The first-order valence-corrected chi connectivity index (χ1v) is 9.62. The molecule has 0 aromatic heterocycles.